The van der Waals surface area contributed by atoms with Gasteiger partial charge in [-0.25, -0.2) is 0 Å². The molecule has 0 spiro atoms. The summed E-state index contributed by atoms with van der Waals surface area (Å²) in [6.45, 7) is 1.99. The normalized spacial score (nSPS) is 11.4. The Morgan fingerprint density at radius 3 is 2.35 bits per heavy atom. The summed E-state index contributed by atoms with van der Waals surface area (Å²) in [5.74, 6) is 0. The first kappa shape index (κ1) is 13.5. The van der Waals surface area contributed by atoms with Gasteiger partial charge in [0.15, 0.2) is 0 Å². The zero-order chi connectivity index (χ0) is 12.8. The van der Waals surface area contributed by atoms with Gasteiger partial charge in [-0.1, -0.05) is 6.07 Å². The van der Waals surface area contributed by atoms with E-state index < -0.39 is 6.10 Å². The van der Waals surface area contributed by atoms with Crippen LogP contribution in [0.4, 0.5) is 5.69 Å². The molecule has 0 aliphatic rings. The number of hydrogen-bond donors (Lipinski definition) is 1. The number of hydrogen-bond acceptors (Lipinski definition) is 4. The molecular formula is C12H12BrN3O. The van der Waals surface area contributed by atoms with Crippen LogP contribution in [0.5, 0.6) is 0 Å². The summed E-state index contributed by atoms with van der Waals surface area (Å²) < 4.78 is 0.765. The Bertz CT molecular complexity index is 458. The van der Waals surface area contributed by atoms with E-state index in [1.807, 2.05) is 12.1 Å². The number of nitrogens with zero attached hydrogens (tertiary/aromatic N) is 3. The molecule has 1 atom stereocenters. The standard InChI is InChI=1S/C12H12BrN3O/c1-9(17)10-2-3-12(11(13)8-10)16(6-4-14)7-5-15/h2-3,8-9,17H,6-7H2,1H3/t9-/m1/s1. The summed E-state index contributed by atoms with van der Waals surface area (Å²) in [4.78, 5) is 1.66. The van der Waals surface area contributed by atoms with Crippen LogP contribution in [0.25, 0.3) is 0 Å². The fraction of sp³-hybridized carbons (Fsp3) is 0.333. The Balaban J connectivity index is 3.05. The van der Waals surface area contributed by atoms with E-state index in [-0.39, 0.29) is 13.1 Å². The number of halogens is 1. The lowest BCUT2D eigenvalue weighted by Crippen LogP contribution is -2.24. The smallest absolute Gasteiger partial charge is 0.107 e. The maximum atomic E-state index is 9.45. The van der Waals surface area contributed by atoms with Crippen molar-refractivity contribution in [2.45, 2.75) is 13.0 Å². The van der Waals surface area contributed by atoms with Crippen molar-refractivity contribution in [3.05, 3.63) is 28.2 Å². The van der Waals surface area contributed by atoms with Crippen LogP contribution in [-0.4, -0.2) is 18.2 Å². The zero-order valence-corrected chi connectivity index (χ0v) is 11.0. The quantitative estimate of drug-likeness (QED) is 0.865. The van der Waals surface area contributed by atoms with E-state index in [0.717, 1.165) is 15.7 Å². The number of benzene rings is 1. The Morgan fingerprint density at radius 1 is 1.35 bits per heavy atom. The average molecular weight is 294 g/mol. The maximum absolute atomic E-state index is 9.45. The summed E-state index contributed by atoms with van der Waals surface area (Å²) in [6, 6.07) is 9.41. The minimum atomic E-state index is -0.541. The van der Waals surface area contributed by atoms with E-state index in [2.05, 4.69) is 15.9 Å². The molecule has 1 aromatic rings. The van der Waals surface area contributed by atoms with Gasteiger partial charge in [-0.3, -0.25) is 0 Å². The van der Waals surface area contributed by atoms with Gasteiger partial charge in [0.1, 0.15) is 13.1 Å². The summed E-state index contributed by atoms with van der Waals surface area (Å²) in [5, 5.41) is 26.8. The molecular weight excluding hydrogens is 282 g/mol. The lowest BCUT2D eigenvalue weighted by atomic mass is 10.1. The number of anilines is 1. The first-order valence-electron chi connectivity index (χ1n) is 5.06. The van der Waals surface area contributed by atoms with Crippen LogP contribution in [0.15, 0.2) is 22.7 Å². The monoisotopic (exact) mass is 293 g/mol. The molecule has 17 heavy (non-hydrogen) atoms. The van der Waals surface area contributed by atoms with Gasteiger partial charge >= 0.3 is 0 Å². The second-order valence-corrected chi connectivity index (χ2v) is 4.41. The number of aliphatic hydroxyl groups excluding tert-OH is 1. The van der Waals surface area contributed by atoms with E-state index in [1.54, 1.807) is 30.0 Å². The van der Waals surface area contributed by atoms with Crippen molar-refractivity contribution in [1.29, 1.82) is 10.5 Å². The Labute approximate surface area is 109 Å². The number of aliphatic hydroxyl groups is 1. The van der Waals surface area contributed by atoms with Crippen LogP contribution in [-0.2, 0) is 0 Å². The molecule has 5 heteroatoms. The predicted molar refractivity (Wildman–Crippen MR) is 68.2 cm³/mol. The van der Waals surface area contributed by atoms with Crippen molar-refractivity contribution >= 4 is 21.6 Å². The largest absolute Gasteiger partial charge is 0.389 e. The van der Waals surface area contributed by atoms with E-state index in [0.29, 0.717) is 0 Å². The van der Waals surface area contributed by atoms with Gasteiger partial charge in [-0.15, -0.1) is 0 Å². The van der Waals surface area contributed by atoms with Crippen molar-refractivity contribution in [2.75, 3.05) is 18.0 Å². The third kappa shape index (κ3) is 3.45. The predicted octanol–water partition coefficient (Wildman–Crippen LogP) is 2.36. The number of rotatable bonds is 4. The highest BCUT2D eigenvalue weighted by molar-refractivity contribution is 9.10. The molecule has 4 nitrogen and oxygen atoms in total. The molecule has 1 rings (SSSR count). The molecule has 0 aromatic heterocycles. The van der Waals surface area contributed by atoms with Crippen molar-refractivity contribution in [3.8, 4) is 12.1 Å². The fourth-order valence-corrected chi connectivity index (χ4v) is 2.08. The van der Waals surface area contributed by atoms with Crippen LogP contribution in [0, 0.1) is 22.7 Å². The Kier molecular flexibility index (Phi) is 4.96. The van der Waals surface area contributed by atoms with E-state index in [1.165, 1.54) is 0 Å². The Morgan fingerprint density at radius 2 is 1.94 bits per heavy atom. The van der Waals surface area contributed by atoms with Gasteiger partial charge in [0.2, 0.25) is 0 Å². The molecule has 0 amide bonds. The van der Waals surface area contributed by atoms with Crippen molar-refractivity contribution in [1.82, 2.24) is 0 Å². The average Bonchev–Trinajstić information content (AvgIpc) is 2.28. The SMILES string of the molecule is C[C@@H](O)c1ccc(N(CC#N)CC#N)c(Br)c1. The molecule has 0 unspecified atom stereocenters. The van der Waals surface area contributed by atoms with Crippen LogP contribution in [0.2, 0.25) is 0 Å². The molecule has 0 radical (unpaired) electrons. The topological polar surface area (TPSA) is 71.0 Å². The molecule has 0 aliphatic carbocycles. The molecule has 0 saturated heterocycles. The summed E-state index contributed by atoms with van der Waals surface area (Å²) >= 11 is 3.38. The first-order valence-corrected chi connectivity index (χ1v) is 5.85. The van der Waals surface area contributed by atoms with E-state index >= 15 is 0 Å². The Hall–Kier alpha value is -1.56. The van der Waals surface area contributed by atoms with Gasteiger partial charge in [-0.05, 0) is 40.5 Å². The summed E-state index contributed by atoms with van der Waals surface area (Å²) in [6.07, 6.45) is -0.541. The highest BCUT2D eigenvalue weighted by Gasteiger charge is 2.11. The van der Waals surface area contributed by atoms with Crippen LogP contribution < -0.4 is 4.90 Å². The van der Waals surface area contributed by atoms with E-state index in [9.17, 15) is 5.11 Å². The van der Waals surface area contributed by atoms with Crippen LogP contribution >= 0.6 is 15.9 Å². The third-order valence-electron chi connectivity index (χ3n) is 2.32. The first-order chi connectivity index (χ1) is 8.10. The molecule has 0 bridgehead atoms. The highest BCUT2D eigenvalue weighted by atomic mass is 79.9. The van der Waals surface area contributed by atoms with Gasteiger partial charge in [0.25, 0.3) is 0 Å². The maximum Gasteiger partial charge on any atom is 0.107 e. The molecule has 0 fully saturated rings. The summed E-state index contributed by atoms with van der Waals surface area (Å²) in [5.41, 5.74) is 1.56. The highest BCUT2D eigenvalue weighted by Crippen LogP contribution is 2.29. The van der Waals surface area contributed by atoms with Gasteiger partial charge in [0, 0.05) is 4.47 Å². The molecule has 1 N–H and O–H groups in total. The minimum Gasteiger partial charge on any atom is -0.389 e. The fourth-order valence-electron chi connectivity index (χ4n) is 1.44. The zero-order valence-electron chi connectivity index (χ0n) is 9.39. The second-order valence-electron chi connectivity index (χ2n) is 3.56. The van der Waals surface area contributed by atoms with Gasteiger partial charge < -0.3 is 10.0 Å². The van der Waals surface area contributed by atoms with Crippen LogP contribution in [0.3, 0.4) is 0 Å². The minimum absolute atomic E-state index is 0.153. The van der Waals surface area contributed by atoms with Crippen molar-refractivity contribution in [3.63, 3.8) is 0 Å². The molecule has 0 heterocycles. The molecule has 88 valence electrons. The van der Waals surface area contributed by atoms with E-state index in [4.69, 9.17) is 10.5 Å². The number of nitriles is 2. The molecule has 1 aromatic carbocycles. The van der Waals surface area contributed by atoms with Gasteiger partial charge in [0.05, 0.1) is 23.9 Å². The van der Waals surface area contributed by atoms with Gasteiger partial charge in [-0.2, -0.15) is 10.5 Å². The second kappa shape index (κ2) is 6.24. The molecule has 0 saturated carbocycles. The lowest BCUT2D eigenvalue weighted by Gasteiger charge is -2.20. The molecule has 0 aliphatic heterocycles. The summed E-state index contributed by atoms with van der Waals surface area (Å²) in [7, 11) is 0. The van der Waals surface area contributed by atoms with Crippen LogP contribution in [0.1, 0.15) is 18.6 Å². The van der Waals surface area contributed by atoms with Crippen molar-refractivity contribution < 1.29 is 5.11 Å². The lowest BCUT2D eigenvalue weighted by molar-refractivity contribution is 0.199. The van der Waals surface area contributed by atoms with Crippen molar-refractivity contribution in [2.24, 2.45) is 0 Å². The third-order valence-corrected chi connectivity index (χ3v) is 2.95.